The van der Waals surface area contributed by atoms with Gasteiger partial charge in [0, 0.05) is 37.9 Å². The van der Waals surface area contributed by atoms with Crippen molar-refractivity contribution in [1.82, 2.24) is 30.2 Å². The Balaban J connectivity index is 0.00000192. The van der Waals surface area contributed by atoms with Crippen molar-refractivity contribution in [1.29, 1.82) is 0 Å². The average molecular weight is 339 g/mol. The lowest BCUT2D eigenvalue weighted by molar-refractivity contribution is 0.0760. The first-order valence-electron chi connectivity index (χ1n) is 7.64. The van der Waals surface area contributed by atoms with Crippen molar-refractivity contribution in [3.05, 3.63) is 23.1 Å². The van der Waals surface area contributed by atoms with Crippen molar-refractivity contribution < 1.29 is 4.79 Å². The van der Waals surface area contributed by atoms with E-state index in [2.05, 4.69) is 20.6 Å². The van der Waals surface area contributed by atoms with Crippen molar-refractivity contribution in [2.45, 2.75) is 20.3 Å². The molecule has 1 aliphatic heterocycles. The van der Waals surface area contributed by atoms with E-state index >= 15 is 0 Å². The summed E-state index contributed by atoms with van der Waals surface area (Å²) in [5.41, 5.74) is 4.28. The Kier molecular flexibility index (Phi) is 5.43. The SMILES string of the molecule is Cc1nn(C)c(C)c1-c1cc(C(=O)N2CCCNCC2)[nH]n1.Cl. The molecule has 3 rings (SSSR count). The molecule has 1 amide bonds. The molecule has 1 fully saturated rings. The van der Waals surface area contributed by atoms with Crippen molar-refractivity contribution in [2.24, 2.45) is 7.05 Å². The lowest BCUT2D eigenvalue weighted by atomic mass is 10.1. The number of carbonyl (C=O) groups excluding carboxylic acids is 1. The average Bonchev–Trinajstić information content (AvgIpc) is 2.93. The van der Waals surface area contributed by atoms with Crippen LogP contribution in [0.5, 0.6) is 0 Å². The van der Waals surface area contributed by atoms with Crippen LogP contribution in [0.25, 0.3) is 11.3 Å². The van der Waals surface area contributed by atoms with Gasteiger partial charge in [0.05, 0.1) is 11.4 Å². The second-order valence-corrected chi connectivity index (χ2v) is 5.73. The fourth-order valence-corrected chi connectivity index (χ4v) is 2.92. The highest BCUT2D eigenvalue weighted by atomic mass is 35.5. The van der Waals surface area contributed by atoms with Crippen LogP contribution < -0.4 is 5.32 Å². The zero-order valence-electron chi connectivity index (χ0n) is 13.7. The summed E-state index contributed by atoms with van der Waals surface area (Å²) in [5.74, 6) is 0.0154. The molecule has 126 valence electrons. The van der Waals surface area contributed by atoms with Crippen LogP contribution in [0.15, 0.2) is 6.07 Å². The quantitative estimate of drug-likeness (QED) is 0.864. The van der Waals surface area contributed by atoms with Crippen molar-refractivity contribution in [3.8, 4) is 11.3 Å². The molecule has 23 heavy (non-hydrogen) atoms. The summed E-state index contributed by atoms with van der Waals surface area (Å²) < 4.78 is 1.83. The predicted molar refractivity (Wildman–Crippen MR) is 90.9 cm³/mol. The second kappa shape index (κ2) is 7.14. The van der Waals surface area contributed by atoms with E-state index in [-0.39, 0.29) is 18.3 Å². The third kappa shape index (κ3) is 3.40. The Morgan fingerprint density at radius 2 is 2.04 bits per heavy atom. The summed E-state index contributed by atoms with van der Waals surface area (Å²) in [6, 6.07) is 1.83. The van der Waals surface area contributed by atoms with Crippen LogP contribution in [-0.2, 0) is 7.05 Å². The number of hydrogen-bond acceptors (Lipinski definition) is 4. The lowest BCUT2D eigenvalue weighted by Crippen LogP contribution is -2.34. The number of H-pyrrole nitrogens is 1. The molecule has 8 heteroatoms. The topological polar surface area (TPSA) is 78.8 Å². The molecule has 2 N–H and O–H groups in total. The molecule has 0 bridgehead atoms. The van der Waals surface area contributed by atoms with Gasteiger partial charge in [-0.25, -0.2) is 0 Å². The van der Waals surface area contributed by atoms with Gasteiger partial charge in [0.1, 0.15) is 5.69 Å². The molecule has 3 heterocycles. The third-order valence-electron chi connectivity index (χ3n) is 4.20. The molecule has 1 aliphatic rings. The van der Waals surface area contributed by atoms with Crippen molar-refractivity contribution in [2.75, 3.05) is 26.2 Å². The van der Waals surface area contributed by atoms with Gasteiger partial charge in [-0.3, -0.25) is 14.6 Å². The molecule has 1 saturated heterocycles. The fourth-order valence-electron chi connectivity index (χ4n) is 2.92. The van der Waals surface area contributed by atoms with Gasteiger partial charge in [0.15, 0.2) is 0 Å². The van der Waals surface area contributed by atoms with E-state index < -0.39 is 0 Å². The van der Waals surface area contributed by atoms with Crippen LogP contribution >= 0.6 is 12.4 Å². The normalized spacial score (nSPS) is 15.2. The van der Waals surface area contributed by atoms with Gasteiger partial charge in [-0.05, 0) is 32.9 Å². The monoisotopic (exact) mass is 338 g/mol. The van der Waals surface area contributed by atoms with Crippen LogP contribution in [0.2, 0.25) is 0 Å². The molecular formula is C15H23ClN6O. The highest BCUT2D eigenvalue weighted by Gasteiger charge is 2.21. The van der Waals surface area contributed by atoms with E-state index in [0.29, 0.717) is 5.69 Å². The van der Waals surface area contributed by atoms with E-state index in [0.717, 1.165) is 55.2 Å². The van der Waals surface area contributed by atoms with Crippen LogP contribution in [0.3, 0.4) is 0 Å². The largest absolute Gasteiger partial charge is 0.336 e. The highest BCUT2D eigenvalue weighted by Crippen LogP contribution is 2.25. The lowest BCUT2D eigenvalue weighted by Gasteiger charge is -2.18. The summed E-state index contributed by atoms with van der Waals surface area (Å²) in [6.45, 7) is 7.29. The Hall–Kier alpha value is -1.86. The summed E-state index contributed by atoms with van der Waals surface area (Å²) in [5, 5.41) is 14.9. The Morgan fingerprint density at radius 1 is 1.26 bits per heavy atom. The Morgan fingerprint density at radius 3 is 2.74 bits per heavy atom. The standard InChI is InChI=1S/C15H22N6O.ClH/c1-10-14(11(2)20(3)19-10)12-9-13(18-17-12)15(22)21-7-4-5-16-6-8-21;/h9,16H,4-8H2,1-3H3,(H,17,18);1H. The fraction of sp³-hybridized carbons (Fsp3) is 0.533. The maximum atomic E-state index is 12.6. The van der Waals surface area contributed by atoms with Gasteiger partial charge in [0.25, 0.3) is 5.91 Å². The number of amides is 1. The minimum atomic E-state index is 0. The van der Waals surface area contributed by atoms with Gasteiger partial charge in [-0.1, -0.05) is 0 Å². The van der Waals surface area contributed by atoms with Gasteiger partial charge in [-0.2, -0.15) is 10.2 Å². The predicted octanol–water partition coefficient (Wildman–Crippen LogP) is 1.28. The molecule has 0 saturated carbocycles. The molecule has 0 aliphatic carbocycles. The van der Waals surface area contributed by atoms with E-state index in [1.165, 1.54) is 0 Å². The summed E-state index contributed by atoms with van der Waals surface area (Å²) in [4.78, 5) is 14.5. The third-order valence-corrected chi connectivity index (χ3v) is 4.20. The number of hydrogen-bond donors (Lipinski definition) is 2. The van der Waals surface area contributed by atoms with Crippen LogP contribution in [0.4, 0.5) is 0 Å². The first kappa shape index (κ1) is 17.5. The molecule has 0 unspecified atom stereocenters. The molecule has 0 radical (unpaired) electrons. The van der Waals surface area contributed by atoms with Gasteiger partial charge in [-0.15, -0.1) is 12.4 Å². The minimum Gasteiger partial charge on any atom is -0.336 e. The number of halogens is 1. The van der Waals surface area contributed by atoms with Crippen molar-refractivity contribution >= 4 is 18.3 Å². The Bertz CT molecular complexity index is 684. The molecule has 2 aromatic rings. The molecular weight excluding hydrogens is 316 g/mol. The number of nitrogens with zero attached hydrogens (tertiary/aromatic N) is 4. The summed E-state index contributed by atoms with van der Waals surface area (Å²) >= 11 is 0. The first-order chi connectivity index (χ1) is 10.6. The zero-order chi connectivity index (χ0) is 15.7. The summed E-state index contributed by atoms with van der Waals surface area (Å²) in [7, 11) is 1.91. The van der Waals surface area contributed by atoms with E-state index in [9.17, 15) is 4.79 Å². The van der Waals surface area contributed by atoms with E-state index in [1.54, 1.807) is 0 Å². The summed E-state index contributed by atoms with van der Waals surface area (Å²) in [6.07, 6.45) is 0.980. The maximum absolute atomic E-state index is 12.6. The molecule has 2 aromatic heterocycles. The van der Waals surface area contributed by atoms with Crippen LogP contribution in [0.1, 0.15) is 28.3 Å². The van der Waals surface area contributed by atoms with Crippen LogP contribution in [-0.4, -0.2) is 57.0 Å². The van der Waals surface area contributed by atoms with Crippen LogP contribution in [0, 0.1) is 13.8 Å². The number of aryl methyl sites for hydroxylation is 2. The molecule has 7 nitrogen and oxygen atoms in total. The van der Waals surface area contributed by atoms with E-state index in [4.69, 9.17) is 0 Å². The highest BCUT2D eigenvalue weighted by molar-refractivity contribution is 5.93. The van der Waals surface area contributed by atoms with Crippen molar-refractivity contribution in [3.63, 3.8) is 0 Å². The second-order valence-electron chi connectivity index (χ2n) is 5.73. The van der Waals surface area contributed by atoms with Gasteiger partial charge in [0.2, 0.25) is 0 Å². The molecule has 0 spiro atoms. The maximum Gasteiger partial charge on any atom is 0.271 e. The smallest absolute Gasteiger partial charge is 0.271 e. The van der Waals surface area contributed by atoms with Gasteiger partial charge < -0.3 is 10.2 Å². The molecule has 0 atom stereocenters. The number of aromatic nitrogens is 4. The Labute approximate surface area is 141 Å². The van der Waals surface area contributed by atoms with Gasteiger partial charge >= 0.3 is 0 Å². The number of carbonyl (C=O) groups is 1. The first-order valence-corrected chi connectivity index (χ1v) is 7.64. The molecule has 0 aromatic carbocycles. The number of rotatable bonds is 2. The zero-order valence-corrected chi connectivity index (χ0v) is 14.5. The number of nitrogens with one attached hydrogen (secondary N) is 2. The minimum absolute atomic E-state index is 0. The van der Waals surface area contributed by atoms with E-state index in [1.807, 2.05) is 36.5 Å². The number of aromatic amines is 1.